The number of hydrogen-bond acceptors (Lipinski definition) is 4. The SMILES string of the molecule is CC(C)(C)NC(=O)CNC(=O)C1COc2ccccc2O1. The number of ether oxygens (including phenoxy) is 2. The molecule has 6 heteroatoms. The van der Waals surface area contributed by atoms with Crippen LogP contribution in [0, 0.1) is 0 Å². The van der Waals surface area contributed by atoms with Gasteiger partial charge in [0.2, 0.25) is 12.0 Å². The highest BCUT2D eigenvalue weighted by Crippen LogP contribution is 2.30. The molecule has 0 spiro atoms. The van der Waals surface area contributed by atoms with Crippen molar-refractivity contribution < 1.29 is 19.1 Å². The zero-order valence-electron chi connectivity index (χ0n) is 12.4. The third-order valence-electron chi connectivity index (χ3n) is 2.74. The van der Waals surface area contributed by atoms with E-state index in [1.807, 2.05) is 26.8 Å². The fourth-order valence-electron chi connectivity index (χ4n) is 1.89. The Morgan fingerprint density at radius 1 is 1.24 bits per heavy atom. The molecular weight excluding hydrogens is 272 g/mol. The smallest absolute Gasteiger partial charge is 0.265 e. The van der Waals surface area contributed by atoms with E-state index < -0.39 is 6.10 Å². The van der Waals surface area contributed by atoms with Crippen molar-refractivity contribution in [2.45, 2.75) is 32.4 Å². The number of para-hydroxylation sites is 2. The summed E-state index contributed by atoms with van der Waals surface area (Å²) in [5, 5.41) is 5.32. The van der Waals surface area contributed by atoms with Crippen LogP contribution >= 0.6 is 0 Å². The van der Waals surface area contributed by atoms with Crippen LogP contribution in [0.1, 0.15) is 20.8 Å². The number of fused-ring (bicyclic) bond motifs is 1. The molecule has 0 saturated carbocycles. The Morgan fingerprint density at radius 3 is 2.57 bits per heavy atom. The minimum absolute atomic E-state index is 0.0857. The van der Waals surface area contributed by atoms with Gasteiger partial charge in [-0.15, -0.1) is 0 Å². The van der Waals surface area contributed by atoms with Gasteiger partial charge in [-0.25, -0.2) is 0 Å². The average molecular weight is 292 g/mol. The Kier molecular flexibility index (Phi) is 4.35. The third kappa shape index (κ3) is 4.37. The third-order valence-corrected chi connectivity index (χ3v) is 2.74. The first kappa shape index (κ1) is 15.2. The molecule has 0 fully saturated rings. The van der Waals surface area contributed by atoms with E-state index in [1.165, 1.54) is 0 Å². The molecule has 1 unspecified atom stereocenters. The number of carbonyl (C=O) groups is 2. The molecule has 0 aliphatic carbocycles. The largest absolute Gasteiger partial charge is 0.485 e. The quantitative estimate of drug-likeness (QED) is 0.866. The summed E-state index contributed by atoms with van der Waals surface area (Å²) in [6.07, 6.45) is -0.748. The fourth-order valence-corrected chi connectivity index (χ4v) is 1.89. The molecule has 1 heterocycles. The lowest BCUT2D eigenvalue weighted by Gasteiger charge is -2.26. The second-order valence-electron chi connectivity index (χ2n) is 5.88. The van der Waals surface area contributed by atoms with Gasteiger partial charge in [-0.3, -0.25) is 9.59 Å². The van der Waals surface area contributed by atoms with Crippen LogP contribution in [0.5, 0.6) is 11.5 Å². The number of rotatable bonds is 3. The lowest BCUT2D eigenvalue weighted by molar-refractivity contribution is -0.133. The van der Waals surface area contributed by atoms with Crippen LogP contribution in [-0.4, -0.2) is 36.6 Å². The Balaban J connectivity index is 1.84. The molecule has 1 aliphatic heterocycles. The fraction of sp³-hybridized carbons (Fsp3) is 0.467. The van der Waals surface area contributed by atoms with Gasteiger partial charge >= 0.3 is 0 Å². The molecule has 2 rings (SSSR count). The van der Waals surface area contributed by atoms with Gasteiger partial charge in [0.05, 0.1) is 6.54 Å². The molecule has 1 aromatic rings. The summed E-state index contributed by atoms with van der Waals surface area (Å²) in [7, 11) is 0. The first-order chi connectivity index (χ1) is 9.85. The first-order valence-electron chi connectivity index (χ1n) is 6.82. The maximum atomic E-state index is 12.0. The van der Waals surface area contributed by atoms with E-state index in [0.717, 1.165) is 0 Å². The molecule has 21 heavy (non-hydrogen) atoms. The maximum absolute atomic E-state index is 12.0. The molecule has 1 aliphatic rings. The highest BCUT2D eigenvalue weighted by Gasteiger charge is 2.27. The Morgan fingerprint density at radius 2 is 1.90 bits per heavy atom. The standard InChI is InChI=1S/C15H20N2O4/c1-15(2,3)17-13(18)8-16-14(19)12-9-20-10-6-4-5-7-11(10)21-12/h4-7,12H,8-9H2,1-3H3,(H,16,19)(H,17,18). The van der Waals surface area contributed by atoms with Crippen LogP contribution in [0.3, 0.4) is 0 Å². The normalized spacial score (nSPS) is 17.0. The van der Waals surface area contributed by atoms with Gasteiger partial charge in [-0.1, -0.05) is 12.1 Å². The number of carbonyl (C=O) groups excluding carboxylic acids is 2. The van der Waals surface area contributed by atoms with Gasteiger partial charge in [-0.2, -0.15) is 0 Å². The van der Waals surface area contributed by atoms with Gasteiger partial charge in [0, 0.05) is 5.54 Å². The van der Waals surface area contributed by atoms with Crippen molar-refractivity contribution in [3.8, 4) is 11.5 Å². The van der Waals surface area contributed by atoms with Crippen molar-refractivity contribution in [2.24, 2.45) is 0 Å². The lowest BCUT2D eigenvalue weighted by atomic mass is 10.1. The molecule has 114 valence electrons. The number of nitrogens with one attached hydrogen (secondary N) is 2. The van der Waals surface area contributed by atoms with Gasteiger partial charge in [-0.05, 0) is 32.9 Å². The molecule has 0 saturated heterocycles. The number of amides is 2. The molecule has 2 N–H and O–H groups in total. The van der Waals surface area contributed by atoms with E-state index in [1.54, 1.807) is 18.2 Å². The van der Waals surface area contributed by atoms with E-state index in [0.29, 0.717) is 11.5 Å². The highest BCUT2D eigenvalue weighted by molar-refractivity contribution is 5.87. The van der Waals surface area contributed by atoms with Crippen LogP contribution in [0.15, 0.2) is 24.3 Å². The van der Waals surface area contributed by atoms with Gasteiger partial charge < -0.3 is 20.1 Å². The molecular formula is C15H20N2O4. The first-order valence-corrected chi connectivity index (χ1v) is 6.82. The molecule has 6 nitrogen and oxygen atoms in total. The molecule has 0 bridgehead atoms. The van der Waals surface area contributed by atoms with E-state index >= 15 is 0 Å². The van der Waals surface area contributed by atoms with Crippen LogP contribution in [0.2, 0.25) is 0 Å². The second kappa shape index (κ2) is 6.03. The monoisotopic (exact) mass is 292 g/mol. The lowest BCUT2D eigenvalue weighted by Crippen LogP contribution is -2.49. The summed E-state index contributed by atoms with van der Waals surface area (Å²) >= 11 is 0. The minimum atomic E-state index is -0.748. The van der Waals surface area contributed by atoms with Crippen molar-refractivity contribution in [1.82, 2.24) is 10.6 Å². The van der Waals surface area contributed by atoms with Crippen molar-refractivity contribution in [3.05, 3.63) is 24.3 Å². The molecule has 1 aromatic carbocycles. The Bertz CT molecular complexity index is 537. The molecule has 2 amide bonds. The summed E-state index contributed by atoms with van der Waals surface area (Å²) in [6, 6.07) is 7.15. The van der Waals surface area contributed by atoms with Crippen LogP contribution in [0.4, 0.5) is 0 Å². The van der Waals surface area contributed by atoms with E-state index in [-0.39, 0.29) is 30.5 Å². The Labute approximate surface area is 123 Å². The van der Waals surface area contributed by atoms with E-state index in [9.17, 15) is 9.59 Å². The predicted octanol–water partition coefficient (Wildman–Crippen LogP) is 0.857. The minimum Gasteiger partial charge on any atom is -0.485 e. The van der Waals surface area contributed by atoms with Gasteiger partial charge in [0.25, 0.3) is 5.91 Å². The van der Waals surface area contributed by atoms with Crippen LogP contribution in [0.25, 0.3) is 0 Å². The van der Waals surface area contributed by atoms with Gasteiger partial charge in [0.1, 0.15) is 6.61 Å². The number of hydrogen-bond donors (Lipinski definition) is 2. The summed E-state index contributed by atoms with van der Waals surface area (Å²) in [5.74, 6) is 0.539. The van der Waals surface area contributed by atoms with E-state index in [4.69, 9.17) is 9.47 Å². The molecule has 0 radical (unpaired) electrons. The zero-order chi connectivity index (χ0) is 15.5. The van der Waals surface area contributed by atoms with Gasteiger partial charge in [0.15, 0.2) is 11.5 Å². The molecule has 1 atom stereocenters. The second-order valence-corrected chi connectivity index (χ2v) is 5.88. The van der Waals surface area contributed by atoms with Crippen LogP contribution < -0.4 is 20.1 Å². The predicted molar refractivity (Wildman–Crippen MR) is 77.3 cm³/mol. The summed E-state index contributed by atoms with van der Waals surface area (Å²) in [4.78, 5) is 23.6. The highest BCUT2D eigenvalue weighted by atomic mass is 16.6. The topological polar surface area (TPSA) is 76.7 Å². The molecule has 0 aromatic heterocycles. The van der Waals surface area contributed by atoms with Crippen molar-refractivity contribution >= 4 is 11.8 Å². The summed E-state index contributed by atoms with van der Waals surface area (Å²) in [6.45, 7) is 5.67. The summed E-state index contributed by atoms with van der Waals surface area (Å²) in [5.41, 5.74) is -0.328. The number of benzene rings is 1. The summed E-state index contributed by atoms with van der Waals surface area (Å²) < 4.78 is 11.0. The van der Waals surface area contributed by atoms with Crippen molar-refractivity contribution in [2.75, 3.05) is 13.2 Å². The average Bonchev–Trinajstić information content (AvgIpc) is 2.42. The van der Waals surface area contributed by atoms with E-state index in [2.05, 4.69) is 10.6 Å². The van der Waals surface area contributed by atoms with Crippen LogP contribution in [-0.2, 0) is 9.59 Å². The zero-order valence-corrected chi connectivity index (χ0v) is 12.4. The van der Waals surface area contributed by atoms with Crippen molar-refractivity contribution in [1.29, 1.82) is 0 Å². The maximum Gasteiger partial charge on any atom is 0.265 e. The van der Waals surface area contributed by atoms with Crippen molar-refractivity contribution in [3.63, 3.8) is 0 Å². The Hall–Kier alpha value is -2.24.